The number of hydrogen-bond acceptors (Lipinski definition) is 3. The summed E-state index contributed by atoms with van der Waals surface area (Å²) in [6.45, 7) is 6.59. The molecule has 0 saturated heterocycles. The van der Waals surface area contributed by atoms with E-state index in [4.69, 9.17) is 4.74 Å². The Morgan fingerprint density at radius 2 is 1.83 bits per heavy atom. The third-order valence-electron chi connectivity index (χ3n) is 4.42. The topological polar surface area (TPSA) is 32.8 Å². The molecule has 1 aliphatic rings. The van der Waals surface area contributed by atoms with Crippen molar-refractivity contribution in [3.63, 3.8) is 0 Å². The van der Waals surface area contributed by atoms with Crippen LogP contribution in [0.3, 0.4) is 0 Å². The van der Waals surface area contributed by atoms with E-state index in [0.717, 1.165) is 13.1 Å². The summed E-state index contributed by atoms with van der Waals surface area (Å²) in [6.07, 6.45) is 1.76. The van der Waals surface area contributed by atoms with Crippen LogP contribution in [0.25, 0.3) is 0 Å². The Bertz CT molecular complexity index is 355. The molecular formula is C17H32F2N2O2. The van der Waals surface area contributed by atoms with E-state index in [1.807, 2.05) is 20.9 Å². The summed E-state index contributed by atoms with van der Waals surface area (Å²) >= 11 is 0. The molecule has 0 spiro atoms. The number of amides is 1. The third kappa shape index (κ3) is 8.61. The van der Waals surface area contributed by atoms with Crippen LogP contribution in [0.4, 0.5) is 8.78 Å². The van der Waals surface area contributed by atoms with Crippen molar-refractivity contribution in [2.75, 3.05) is 40.3 Å². The van der Waals surface area contributed by atoms with E-state index in [1.54, 1.807) is 11.9 Å². The summed E-state index contributed by atoms with van der Waals surface area (Å²) in [6, 6.07) is 0. The highest BCUT2D eigenvalue weighted by Gasteiger charge is 2.34. The molecule has 23 heavy (non-hydrogen) atoms. The Morgan fingerprint density at radius 1 is 1.22 bits per heavy atom. The van der Waals surface area contributed by atoms with Crippen LogP contribution in [0.2, 0.25) is 0 Å². The normalized spacial score (nSPS) is 18.6. The lowest BCUT2D eigenvalue weighted by molar-refractivity contribution is -0.131. The highest BCUT2D eigenvalue weighted by molar-refractivity contribution is 5.75. The van der Waals surface area contributed by atoms with E-state index in [0.29, 0.717) is 38.3 Å². The van der Waals surface area contributed by atoms with Crippen molar-refractivity contribution < 1.29 is 18.3 Å². The molecular weight excluding hydrogens is 302 g/mol. The molecule has 0 bridgehead atoms. The molecule has 4 nitrogen and oxygen atoms in total. The molecule has 136 valence electrons. The lowest BCUT2D eigenvalue weighted by Crippen LogP contribution is -2.38. The number of ether oxygens (including phenoxy) is 1. The zero-order chi connectivity index (χ0) is 17.5. The largest absolute Gasteiger partial charge is 0.378 e. The summed E-state index contributed by atoms with van der Waals surface area (Å²) in [5.41, 5.74) is 0. The molecule has 1 aliphatic carbocycles. The number of rotatable bonds is 9. The van der Waals surface area contributed by atoms with Crippen molar-refractivity contribution in [1.29, 1.82) is 0 Å². The Balaban J connectivity index is 2.17. The van der Waals surface area contributed by atoms with Crippen molar-refractivity contribution >= 4 is 5.91 Å². The molecule has 0 aromatic heterocycles. The Hall–Kier alpha value is -0.750. The van der Waals surface area contributed by atoms with Gasteiger partial charge in [0.15, 0.2) is 0 Å². The first-order chi connectivity index (χ1) is 10.7. The number of nitrogens with zero attached hydrogens (tertiary/aromatic N) is 2. The van der Waals surface area contributed by atoms with Crippen molar-refractivity contribution in [3.05, 3.63) is 0 Å². The van der Waals surface area contributed by atoms with E-state index in [1.165, 1.54) is 0 Å². The summed E-state index contributed by atoms with van der Waals surface area (Å²) in [4.78, 5) is 15.8. The average Bonchev–Trinajstić information content (AvgIpc) is 2.46. The van der Waals surface area contributed by atoms with Gasteiger partial charge in [-0.25, -0.2) is 8.78 Å². The molecule has 1 fully saturated rings. The molecule has 0 unspecified atom stereocenters. The van der Waals surface area contributed by atoms with Crippen molar-refractivity contribution in [2.45, 2.75) is 58.0 Å². The van der Waals surface area contributed by atoms with Gasteiger partial charge in [0.25, 0.3) is 0 Å². The van der Waals surface area contributed by atoms with Crippen LogP contribution in [0.5, 0.6) is 0 Å². The summed E-state index contributed by atoms with van der Waals surface area (Å²) < 4.78 is 31.7. The molecule has 0 radical (unpaired) electrons. The second kappa shape index (κ2) is 9.52. The number of carbonyl (C=O) groups excluding carboxylic acids is 1. The smallest absolute Gasteiger partial charge is 0.248 e. The predicted octanol–water partition coefficient (Wildman–Crippen LogP) is 3.02. The number of carbonyl (C=O) groups is 1. The van der Waals surface area contributed by atoms with Crippen LogP contribution in [0, 0.1) is 5.92 Å². The van der Waals surface area contributed by atoms with Gasteiger partial charge in [0.2, 0.25) is 11.8 Å². The second-order valence-electron chi connectivity index (χ2n) is 7.05. The number of hydrogen-bond donors (Lipinski definition) is 0. The molecule has 1 saturated carbocycles. The third-order valence-corrected chi connectivity index (χ3v) is 4.42. The standard InChI is InChI=1S/C17H32F2N2O2/c1-14(2)23-12-7-16(22)21(4)11-10-20(3)13-15-5-8-17(18,19)9-6-15/h14-15H,5-13H2,1-4H3. The van der Waals surface area contributed by atoms with Gasteiger partial charge in [-0.1, -0.05) is 0 Å². The van der Waals surface area contributed by atoms with Gasteiger partial charge in [0.05, 0.1) is 19.1 Å². The van der Waals surface area contributed by atoms with E-state index >= 15 is 0 Å². The van der Waals surface area contributed by atoms with Gasteiger partial charge in [-0.15, -0.1) is 0 Å². The quantitative estimate of drug-likeness (QED) is 0.650. The highest BCUT2D eigenvalue weighted by Crippen LogP contribution is 2.36. The minimum atomic E-state index is -2.46. The Kier molecular flexibility index (Phi) is 8.40. The fourth-order valence-electron chi connectivity index (χ4n) is 2.83. The van der Waals surface area contributed by atoms with Crippen LogP contribution < -0.4 is 0 Å². The first-order valence-corrected chi connectivity index (χ1v) is 8.61. The van der Waals surface area contributed by atoms with Crippen LogP contribution in [-0.2, 0) is 9.53 Å². The average molecular weight is 334 g/mol. The van der Waals surface area contributed by atoms with Gasteiger partial charge in [-0.3, -0.25) is 4.79 Å². The van der Waals surface area contributed by atoms with Crippen LogP contribution >= 0.6 is 0 Å². The predicted molar refractivity (Wildman–Crippen MR) is 87.7 cm³/mol. The molecule has 0 aromatic carbocycles. The van der Waals surface area contributed by atoms with Gasteiger partial charge >= 0.3 is 0 Å². The van der Waals surface area contributed by atoms with Gasteiger partial charge in [0, 0.05) is 39.5 Å². The summed E-state index contributed by atoms with van der Waals surface area (Å²) in [5.74, 6) is -2.03. The van der Waals surface area contributed by atoms with Crippen LogP contribution in [0.15, 0.2) is 0 Å². The van der Waals surface area contributed by atoms with Gasteiger partial charge < -0.3 is 14.5 Å². The zero-order valence-electron chi connectivity index (χ0n) is 15.0. The molecule has 1 rings (SSSR count). The van der Waals surface area contributed by atoms with E-state index in [9.17, 15) is 13.6 Å². The van der Waals surface area contributed by atoms with E-state index in [-0.39, 0.29) is 24.9 Å². The fourth-order valence-corrected chi connectivity index (χ4v) is 2.83. The fraction of sp³-hybridized carbons (Fsp3) is 0.941. The summed E-state index contributed by atoms with van der Waals surface area (Å²) in [7, 11) is 3.79. The van der Waals surface area contributed by atoms with Crippen molar-refractivity contribution in [2.24, 2.45) is 5.92 Å². The summed E-state index contributed by atoms with van der Waals surface area (Å²) in [5, 5.41) is 0. The Morgan fingerprint density at radius 3 is 2.39 bits per heavy atom. The maximum absolute atomic E-state index is 13.1. The van der Waals surface area contributed by atoms with E-state index in [2.05, 4.69) is 4.90 Å². The molecule has 0 atom stereocenters. The molecule has 6 heteroatoms. The molecule has 0 N–H and O–H groups in total. The lowest BCUT2D eigenvalue weighted by Gasteiger charge is -2.31. The number of alkyl halides is 2. The first kappa shape index (κ1) is 20.3. The number of halogens is 2. The zero-order valence-corrected chi connectivity index (χ0v) is 15.0. The van der Waals surface area contributed by atoms with E-state index < -0.39 is 5.92 Å². The van der Waals surface area contributed by atoms with Gasteiger partial charge in [0.1, 0.15) is 0 Å². The van der Waals surface area contributed by atoms with Crippen molar-refractivity contribution in [3.8, 4) is 0 Å². The molecule has 0 heterocycles. The van der Waals surface area contributed by atoms with Crippen molar-refractivity contribution in [1.82, 2.24) is 9.80 Å². The lowest BCUT2D eigenvalue weighted by atomic mass is 9.86. The second-order valence-corrected chi connectivity index (χ2v) is 7.05. The van der Waals surface area contributed by atoms with Gasteiger partial charge in [-0.2, -0.15) is 0 Å². The number of likely N-dealkylation sites (N-methyl/N-ethyl adjacent to an activating group) is 2. The molecule has 0 aromatic rings. The van der Waals surface area contributed by atoms with Crippen LogP contribution in [-0.4, -0.2) is 68.1 Å². The monoisotopic (exact) mass is 334 g/mol. The SMILES string of the molecule is CC(C)OCCC(=O)N(C)CCN(C)CC1CCC(F)(F)CC1. The highest BCUT2D eigenvalue weighted by atomic mass is 19.3. The minimum Gasteiger partial charge on any atom is -0.378 e. The van der Waals surface area contributed by atoms with Crippen LogP contribution in [0.1, 0.15) is 46.0 Å². The van der Waals surface area contributed by atoms with Gasteiger partial charge in [-0.05, 0) is 39.7 Å². The maximum Gasteiger partial charge on any atom is 0.248 e. The Labute approximate surface area is 139 Å². The molecule has 1 amide bonds. The molecule has 0 aliphatic heterocycles. The first-order valence-electron chi connectivity index (χ1n) is 8.61. The maximum atomic E-state index is 13.1. The minimum absolute atomic E-state index is 0.0136.